The van der Waals surface area contributed by atoms with Gasteiger partial charge < -0.3 is 10.1 Å². The number of rotatable bonds is 9. The van der Waals surface area contributed by atoms with Gasteiger partial charge in [0.25, 0.3) is 5.91 Å². The Balaban J connectivity index is 1.34. The largest absolute Gasteiger partial charge is 0.489 e. The van der Waals surface area contributed by atoms with Gasteiger partial charge in [0, 0.05) is 23.2 Å². The van der Waals surface area contributed by atoms with Gasteiger partial charge in [0.2, 0.25) is 0 Å². The summed E-state index contributed by atoms with van der Waals surface area (Å²) in [6, 6.07) is 39.9. The van der Waals surface area contributed by atoms with Gasteiger partial charge in [0.05, 0.1) is 0 Å². The van der Waals surface area contributed by atoms with Gasteiger partial charge in [-0.3, -0.25) is 10.0 Å². The highest BCUT2D eigenvalue weighted by Crippen LogP contribution is 2.26. The first-order chi connectivity index (χ1) is 18.7. The highest BCUT2D eigenvalue weighted by molar-refractivity contribution is 5.93. The molecule has 0 bridgehead atoms. The summed E-state index contributed by atoms with van der Waals surface area (Å²) in [6.07, 6.45) is 2.05. The molecule has 3 N–H and O–H groups in total. The summed E-state index contributed by atoms with van der Waals surface area (Å²) in [7, 11) is 0. The second kappa shape index (κ2) is 11.9. The first-order valence-corrected chi connectivity index (χ1v) is 12.4. The third-order valence-electron chi connectivity index (χ3n) is 6.32. The molecule has 0 spiro atoms. The molecule has 0 atom stereocenters. The fourth-order valence-electron chi connectivity index (χ4n) is 4.29. The molecule has 5 aromatic rings. The average molecular weight is 501 g/mol. The smallest absolute Gasteiger partial charge is 0.274 e. The van der Waals surface area contributed by atoms with Gasteiger partial charge >= 0.3 is 0 Å². The molecule has 0 saturated heterocycles. The molecule has 5 nitrogen and oxygen atoms in total. The quantitative estimate of drug-likeness (QED) is 0.148. The summed E-state index contributed by atoms with van der Waals surface area (Å²) < 4.78 is 6.29. The second-order valence-electron chi connectivity index (χ2n) is 8.93. The molecular weight excluding hydrogens is 472 g/mol. The Kier molecular flexibility index (Phi) is 7.78. The van der Waals surface area contributed by atoms with Crippen molar-refractivity contribution in [3.05, 3.63) is 138 Å². The summed E-state index contributed by atoms with van der Waals surface area (Å²) in [5.74, 6) is 0.289. The predicted molar refractivity (Wildman–Crippen MR) is 153 cm³/mol. The Labute approximate surface area is 222 Å². The Hall–Kier alpha value is -4.87. The molecule has 0 aliphatic heterocycles. The predicted octanol–water partition coefficient (Wildman–Crippen LogP) is 7.20. The van der Waals surface area contributed by atoms with Gasteiger partial charge in [-0.25, -0.2) is 5.48 Å². The van der Waals surface area contributed by atoms with Crippen LogP contribution in [0.5, 0.6) is 5.75 Å². The van der Waals surface area contributed by atoms with Crippen molar-refractivity contribution in [2.75, 3.05) is 18.5 Å². The molecule has 5 rings (SSSR count). The van der Waals surface area contributed by atoms with Crippen molar-refractivity contribution in [3.63, 3.8) is 0 Å². The van der Waals surface area contributed by atoms with E-state index in [1.807, 2.05) is 54.6 Å². The van der Waals surface area contributed by atoms with E-state index in [1.54, 1.807) is 17.6 Å². The molecule has 5 heteroatoms. The first kappa shape index (κ1) is 24.8. The average Bonchev–Trinajstić information content (AvgIpc) is 2.99. The number of hydrogen-bond acceptors (Lipinski definition) is 4. The van der Waals surface area contributed by atoms with Crippen LogP contribution in [-0.2, 0) is 0 Å². The van der Waals surface area contributed by atoms with E-state index in [1.165, 1.54) is 11.1 Å². The molecule has 0 aliphatic rings. The number of ether oxygens (including phenoxy) is 1. The van der Waals surface area contributed by atoms with E-state index < -0.39 is 5.91 Å². The standard InChI is InChI=1S/C33H28N2O3/c36-33(35-37)29-15-13-24(14-16-29)21-25(23-38-32-12-6-10-28-9-4-5-11-31(28)32)22-34-30-19-17-27(18-20-30)26-7-2-1-3-8-26/h1-21,34,37H,22-23H2,(H,35,36). The van der Waals surface area contributed by atoms with Crippen molar-refractivity contribution in [3.8, 4) is 16.9 Å². The van der Waals surface area contributed by atoms with E-state index in [9.17, 15) is 4.79 Å². The number of anilines is 1. The van der Waals surface area contributed by atoms with Gasteiger partial charge in [-0.2, -0.15) is 0 Å². The zero-order valence-electron chi connectivity index (χ0n) is 20.8. The summed E-state index contributed by atoms with van der Waals surface area (Å²) in [5, 5.41) is 14.6. The number of amides is 1. The van der Waals surface area contributed by atoms with E-state index in [0.717, 1.165) is 33.3 Å². The molecule has 0 aliphatic carbocycles. The zero-order valence-corrected chi connectivity index (χ0v) is 20.8. The summed E-state index contributed by atoms with van der Waals surface area (Å²) in [4.78, 5) is 11.7. The van der Waals surface area contributed by atoms with Crippen LogP contribution in [0.25, 0.3) is 28.0 Å². The SMILES string of the molecule is O=C(NO)c1ccc(C=C(CNc2ccc(-c3ccccc3)cc2)COc2cccc3ccccc23)cc1. The molecular formula is C33H28N2O3. The minimum atomic E-state index is -0.541. The molecule has 0 heterocycles. The zero-order chi connectivity index (χ0) is 26.2. The Morgan fingerprint density at radius 2 is 1.42 bits per heavy atom. The maximum atomic E-state index is 11.7. The highest BCUT2D eigenvalue weighted by Gasteiger charge is 2.07. The maximum absolute atomic E-state index is 11.7. The van der Waals surface area contributed by atoms with Crippen molar-refractivity contribution in [2.24, 2.45) is 0 Å². The minimum Gasteiger partial charge on any atom is -0.489 e. The lowest BCUT2D eigenvalue weighted by molar-refractivity contribution is 0.0706. The summed E-state index contributed by atoms with van der Waals surface area (Å²) in [5.41, 5.74) is 7.36. The molecule has 0 fully saturated rings. The molecule has 0 saturated carbocycles. The lowest BCUT2D eigenvalue weighted by atomic mass is 10.1. The topological polar surface area (TPSA) is 70.6 Å². The van der Waals surface area contributed by atoms with Crippen LogP contribution in [0.2, 0.25) is 0 Å². The number of carbonyl (C=O) groups excluding carboxylic acids is 1. The lowest BCUT2D eigenvalue weighted by Crippen LogP contribution is -2.18. The van der Waals surface area contributed by atoms with E-state index >= 15 is 0 Å². The Bertz CT molecular complexity index is 1540. The molecule has 0 unspecified atom stereocenters. The van der Waals surface area contributed by atoms with Crippen molar-refractivity contribution in [1.82, 2.24) is 5.48 Å². The molecule has 0 radical (unpaired) electrons. The minimum absolute atomic E-state index is 0.384. The normalized spacial score (nSPS) is 11.2. The monoisotopic (exact) mass is 500 g/mol. The van der Waals surface area contributed by atoms with E-state index in [4.69, 9.17) is 9.94 Å². The molecule has 38 heavy (non-hydrogen) atoms. The molecule has 188 valence electrons. The van der Waals surface area contributed by atoms with Crippen LogP contribution in [-0.4, -0.2) is 24.3 Å². The van der Waals surface area contributed by atoms with E-state index in [-0.39, 0.29) is 0 Å². The van der Waals surface area contributed by atoms with E-state index in [2.05, 4.69) is 66.0 Å². The molecule has 1 amide bonds. The first-order valence-electron chi connectivity index (χ1n) is 12.4. The highest BCUT2D eigenvalue weighted by atomic mass is 16.5. The fourth-order valence-corrected chi connectivity index (χ4v) is 4.29. The van der Waals surface area contributed by atoms with Gasteiger partial charge in [-0.1, -0.05) is 97.1 Å². The van der Waals surface area contributed by atoms with Crippen LogP contribution < -0.4 is 15.5 Å². The van der Waals surface area contributed by atoms with Gasteiger partial charge in [-0.15, -0.1) is 0 Å². The Morgan fingerprint density at radius 1 is 0.737 bits per heavy atom. The fraction of sp³-hybridized carbons (Fsp3) is 0.0606. The van der Waals surface area contributed by atoms with Crippen molar-refractivity contribution >= 4 is 28.4 Å². The van der Waals surface area contributed by atoms with E-state index in [0.29, 0.717) is 18.7 Å². The second-order valence-corrected chi connectivity index (χ2v) is 8.93. The van der Waals surface area contributed by atoms with Crippen LogP contribution in [0, 0.1) is 0 Å². The Morgan fingerprint density at radius 3 is 2.18 bits per heavy atom. The number of hydroxylamine groups is 1. The number of nitrogens with one attached hydrogen (secondary N) is 2. The third-order valence-corrected chi connectivity index (χ3v) is 6.32. The molecule has 5 aromatic carbocycles. The van der Waals surface area contributed by atoms with Crippen LogP contribution in [0.4, 0.5) is 5.69 Å². The van der Waals surface area contributed by atoms with Gasteiger partial charge in [0.15, 0.2) is 0 Å². The van der Waals surface area contributed by atoms with Crippen LogP contribution in [0.1, 0.15) is 15.9 Å². The van der Waals surface area contributed by atoms with Gasteiger partial charge in [-0.05, 0) is 58.0 Å². The number of benzene rings is 5. The van der Waals surface area contributed by atoms with Crippen LogP contribution >= 0.6 is 0 Å². The van der Waals surface area contributed by atoms with Crippen LogP contribution in [0.15, 0.2) is 127 Å². The van der Waals surface area contributed by atoms with Crippen molar-refractivity contribution in [1.29, 1.82) is 0 Å². The van der Waals surface area contributed by atoms with Gasteiger partial charge in [0.1, 0.15) is 12.4 Å². The van der Waals surface area contributed by atoms with Crippen molar-refractivity contribution < 1.29 is 14.7 Å². The number of carbonyl (C=O) groups is 1. The van der Waals surface area contributed by atoms with Crippen molar-refractivity contribution in [2.45, 2.75) is 0 Å². The maximum Gasteiger partial charge on any atom is 0.274 e. The number of hydrogen-bond donors (Lipinski definition) is 3. The summed E-state index contributed by atoms with van der Waals surface area (Å²) >= 11 is 0. The van der Waals surface area contributed by atoms with Crippen LogP contribution in [0.3, 0.4) is 0 Å². The molecule has 0 aromatic heterocycles. The third kappa shape index (κ3) is 6.09. The number of fused-ring (bicyclic) bond motifs is 1. The lowest BCUT2D eigenvalue weighted by Gasteiger charge is -2.14. The summed E-state index contributed by atoms with van der Waals surface area (Å²) in [6.45, 7) is 0.969.